The molecule has 0 N–H and O–H groups in total. The molecule has 0 unspecified atom stereocenters. The Morgan fingerprint density at radius 1 is 0.900 bits per heavy atom. The van der Waals surface area contributed by atoms with Crippen LogP contribution in [0.5, 0.6) is 11.5 Å². The van der Waals surface area contributed by atoms with Gasteiger partial charge in [-0.3, -0.25) is 0 Å². The number of benzene rings is 2. The van der Waals surface area contributed by atoms with Crippen LogP contribution in [-0.4, -0.2) is 24.7 Å². The van der Waals surface area contributed by atoms with E-state index in [4.69, 9.17) is 9.47 Å². The Balaban J connectivity index is 0.000000232. The molecule has 3 aromatic rings. The van der Waals surface area contributed by atoms with E-state index in [9.17, 15) is 0 Å². The van der Waals surface area contributed by atoms with E-state index in [1.165, 1.54) is 26.1 Å². The van der Waals surface area contributed by atoms with Gasteiger partial charge in [-0.2, -0.15) is 1.33 Å². The number of imidazole rings is 1. The summed E-state index contributed by atoms with van der Waals surface area (Å²) in [5.74, 6) is 1.52. The molecule has 0 atom stereocenters. The summed E-state index contributed by atoms with van der Waals surface area (Å²) < 4.78 is 18.1. The fourth-order valence-electron chi connectivity index (χ4n) is 2.83. The van der Waals surface area contributed by atoms with Crippen molar-refractivity contribution in [2.24, 2.45) is 7.05 Å². The van der Waals surface area contributed by atoms with Gasteiger partial charge in [-0.15, -0.1) is 0 Å². The van der Waals surface area contributed by atoms with Gasteiger partial charge < -0.3 is 0 Å². The van der Waals surface area contributed by atoms with Crippen LogP contribution in [0.3, 0.4) is 0 Å². The van der Waals surface area contributed by atoms with E-state index in [-0.39, 0.29) is 0 Å². The molecule has 0 bridgehead atoms. The van der Waals surface area contributed by atoms with Crippen molar-refractivity contribution >= 4 is 45.7 Å². The fourth-order valence-corrected chi connectivity index (χ4v) is 4.13. The standard InChI is InChI=1S/C13H16N2O2.C9H11I2N.Pt/c1-14-6-7-15(10-14)9-11-4-5-12(16-2)13(8-11)17-3;1-7-3-4-9(5-8(7)2)6-12(10)11;/h4-8H,9H2,1-3H3;3-5H,6H2,1-2H3;. The van der Waals surface area contributed by atoms with Crippen molar-refractivity contribution in [3.8, 4) is 11.5 Å². The van der Waals surface area contributed by atoms with E-state index in [0.29, 0.717) is 0 Å². The van der Waals surface area contributed by atoms with E-state index in [1.807, 2.05) is 25.4 Å². The van der Waals surface area contributed by atoms with Crippen molar-refractivity contribution in [1.82, 2.24) is 10.5 Å². The van der Waals surface area contributed by atoms with Crippen LogP contribution < -0.4 is 9.47 Å². The minimum Gasteiger partial charge on any atom is -0.184 e. The Bertz CT molecular complexity index is 1030. The average molecular weight is 814 g/mol. The van der Waals surface area contributed by atoms with Crippen LogP contribution in [0.4, 0.5) is 0 Å². The molecule has 0 fully saturated rings. The van der Waals surface area contributed by atoms with Gasteiger partial charge >= 0.3 is 117 Å². The van der Waals surface area contributed by atoms with E-state index in [1.54, 1.807) is 14.2 Å². The molecule has 0 spiro atoms. The van der Waals surface area contributed by atoms with Crippen LogP contribution in [0.2, 0.25) is 0 Å². The number of methoxy groups -OCH3 is 2. The monoisotopic (exact) mass is 814 g/mol. The van der Waals surface area contributed by atoms with Crippen molar-refractivity contribution in [2.45, 2.75) is 26.9 Å². The summed E-state index contributed by atoms with van der Waals surface area (Å²) >= 11 is 6.88. The molecular weight excluding hydrogens is 787 g/mol. The first-order valence-corrected chi connectivity index (χ1v) is 12.3. The Hall–Kier alpha value is -0.642. The smallest absolute Gasteiger partial charge is 0.0436 e. The SMILES string of the molecule is COc1ccc(Cn2ccn(C)[c]2=[Pt])cc1OC.Cc1ccc(CN(I)I)cc1C. The summed E-state index contributed by atoms with van der Waals surface area (Å²) in [5.41, 5.74) is 5.30. The van der Waals surface area contributed by atoms with Crippen molar-refractivity contribution in [3.05, 3.63) is 74.9 Å². The molecule has 5 nitrogen and oxygen atoms in total. The summed E-state index contributed by atoms with van der Waals surface area (Å²) in [6.07, 6.45) is 4.11. The number of hydrogen-bond donors (Lipinski definition) is 0. The van der Waals surface area contributed by atoms with Crippen LogP contribution in [0.15, 0.2) is 48.8 Å². The third-order valence-electron chi connectivity index (χ3n) is 4.63. The molecule has 0 amide bonds. The van der Waals surface area contributed by atoms with Crippen molar-refractivity contribution in [1.29, 1.82) is 0 Å². The average Bonchev–Trinajstić information content (AvgIpc) is 3.03. The molecule has 166 valence electrons. The number of aryl methyl sites for hydroxylation is 3. The molecule has 0 aliphatic rings. The van der Waals surface area contributed by atoms with Gasteiger partial charge in [-0.05, 0) is 30.5 Å². The molecule has 8 heteroatoms. The van der Waals surface area contributed by atoms with Gasteiger partial charge in [0.2, 0.25) is 0 Å². The second-order valence-corrected chi connectivity index (χ2v) is 12.0. The third-order valence-corrected chi connectivity index (χ3v) is 6.77. The van der Waals surface area contributed by atoms with Gasteiger partial charge in [0.05, 0.1) is 0 Å². The van der Waals surface area contributed by atoms with Gasteiger partial charge in [0.15, 0.2) is 0 Å². The van der Waals surface area contributed by atoms with Gasteiger partial charge in [0.25, 0.3) is 0 Å². The minimum absolute atomic E-state index is 0.758. The zero-order valence-electron chi connectivity index (χ0n) is 17.8. The van der Waals surface area contributed by atoms with Crippen LogP contribution in [0.1, 0.15) is 22.3 Å². The summed E-state index contributed by atoms with van der Waals surface area (Å²) in [7, 11) is 5.33. The Morgan fingerprint density at radius 2 is 1.57 bits per heavy atom. The second kappa shape index (κ2) is 12.4. The first kappa shape index (κ1) is 25.6. The maximum absolute atomic E-state index is 5.31. The summed E-state index contributed by atoms with van der Waals surface area (Å²) in [6.45, 7) is 6.12. The predicted octanol–water partition coefficient (Wildman–Crippen LogP) is 5.78. The van der Waals surface area contributed by atoms with Gasteiger partial charge in [0.1, 0.15) is 0 Å². The zero-order valence-corrected chi connectivity index (χ0v) is 24.4. The normalized spacial score (nSPS) is 10.6. The van der Waals surface area contributed by atoms with E-state index >= 15 is 0 Å². The molecule has 2 aromatic carbocycles. The van der Waals surface area contributed by atoms with Crippen LogP contribution >= 0.6 is 45.7 Å². The predicted molar refractivity (Wildman–Crippen MR) is 135 cm³/mol. The van der Waals surface area contributed by atoms with Crippen molar-refractivity contribution in [2.75, 3.05) is 14.2 Å². The topological polar surface area (TPSA) is 31.6 Å². The quantitative estimate of drug-likeness (QED) is 0.234. The Kier molecular flexibility index (Phi) is 10.6. The van der Waals surface area contributed by atoms with Crippen molar-refractivity contribution < 1.29 is 28.8 Å². The van der Waals surface area contributed by atoms with Crippen LogP contribution in [0, 0.1) is 17.7 Å². The number of aromatic nitrogens is 2. The fraction of sp³-hybridized carbons (Fsp3) is 0.318. The summed E-state index contributed by atoms with van der Waals surface area (Å²) in [4.78, 5) is 0. The molecule has 30 heavy (non-hydrogen) atoms. The molecule has 0 aliphatic carbocycles. The van der Waals surface area contributed by atoms with Gasteiger partial charge in [-0.1, -0.05) is 18.2 Å². The Labute approximate surface area is 217 Å². The third kappa shape index (κ3) is 7.50. The largest absolute Gasteiger partial charge is 0.184 e. The minimum atomic E-state index is 0.758. The summed E-state index contributed by atoms with van der Waals surface area (Å²) in [5, 5.41) is 0. The van der Waals surface area contributed by atoms with Crippen molar-refractivity contribution in [3.63, 3.8) is 0 Å². The molecular formula is C22H27I2N3O2Pt. The molecule has 1 aromatic heterocycles. The molecule has 0 saturated carbocycles. The second-order valence-electron chi connectivity index (χ2n) is 6.85. The molecule has 3 rings (SSSR count). The summed E-state index contributed by atoms with van der Waals surface area (Å²) in [6, 6.07) is 12.6. The first-order chi connectivity index (χ1) is 14.2. The number of rotatable bonds is 6. The van der Waals surface area contributed by atoms with Gasteiger partial charge in [-0.25, -0.2) is 0 Å². The maximum Gasteiger partial charge on any atom is 0.0436 e. The number of hydrogen-bond acceptors (Lipinski definition) is 3. The van der Waals surface area contributed by atoms with Crippen LogP contribution in [0.25, 0.3) is 0 Å². The molecule has 1 heterocycles. The van der Waals surface area contributed by atoms with E-state index in [2.05, 4.69) is 120 Å². The number of halogens is 2. The Morgan fingerprint density at radius 3 is 2.10 bits per heavy atom. The van der Waals surface area contributed by atoms with Gasteiger partial charge in [0, 0.05) is 52.3 Å². The number of nitrogens with zero attached hydrogens (tertiary/aromatic N) is 3. The first-order valence-electron chi connectivity index (χ1n) is 9.28. The maximum atomic E-state index is 5.31. The van der Waals surface area contributed by atoms with E-state index in [0.717, 1.165) is 24.6 Å². The van der Waals surface area contributed by atoms with E-state index < -0.39 is 0 Å². The molecule has 0 radical (unpaired) electrons. The van der Waals surface area contributed by atoms with Crippen LogP contribution in [-0.2, 0) is 39.5 Å². The zero-order chi connectivity index (χ0) is 22.3. The number of ether oxygens (including phenoxy) is 2. The molecule has 0 aliphatic heterocycles. The molecule has 0 saturated heterocycles.